The number of carbonyl (C=O) groups excluding carboxylic acids is 2. The molecule has 0 bridgehead atoms. The van der Waals surface area contributed by atoms with Gasteiger partial charge in [-0.3, -0.25) is 9.69 Å². The maximum absolute atomic E-state index is 13.4. The Morgan fingerprint density at radius 1 is 1.19 bits per heavy atom. The number of methoxy groups -OCH3 is 1. The standard InChI is InChI=1S/C21H25ClFN3O5S/c1-12-18(21(28)31-4)13(2)24-19(12)20(27)14(3)25-7-9-26(10-8-25)32(29,30)15-5-6-17(23)16(22)11-15/h5-6,11,14,24H,7-10H2,1-4H3. The predicted octanol–water partition coefficient (Wildman–Crippen LogP) is 2.79. The largest absolute Gasteiger partial charge is 0.465 e. The van der Waals surface area contributed by atoms with Crippen LogP contribution in [-0.4, -0.2) is 73.7 Å². The zero-order valence-corrected chi connectivity index (χ0v) is 19.8. The van der Waals surface area contributed by atoms with Crippen LogP contribution in [0.25, 0.3) is 0 Å². The molecular formula is C21H25ClFN3O5S. The number of ether oxygens (including phenoxy) is 1. The molecule has 1 aliphatic rings. The molecule has 1 unspecified atom stereocenters. The van der Waals surface area contributed by atoms with E-state index in [0.717, 1.165) is 12.1 Å². The van der Waals surface area contributed by atoms with E-state index in [4.69, 9.17) is 16.3 Å². The molecule has 0 aliphatic carbocycles. The van der Waals surface area contributed by atoms with Crippen LogP contribution in [0.15, 0.2) is 23.1 Å². The summed E-state index contributed by atoms with van der Waals surface area (Å²) in [6.45, 7) is 6.16. The second-order valence-electron chi connectivity index (χ2n) is 7.67. The van der Waals surface area contributed by atoms with E-state index in [9.17, 15) is 22.4 Å². The van der Waals surface area contributed by atoms with E-state index in [1.807, 2.05) is 4.90 Å². The van der Waals surface area contributed by atoms with Crippen LogP contribution in [0.5, 0.6) is 0 Å². The molecule has 1 atom stereocenters. The third kappa shape index (κ3) is 4.45. The third-order valence-corrected chi connectivity index (χ3v) is 7.99. The molecule has 1 aliphatic heterocycles. The summed E-state index contributed by atoms with van der Waals surface area (Å²) in [4.78, 5) is 29.9. The first-order valence-electron chi connectivity index (χ1n) is 10.00. The lowest BCUT2D eigenvalue weighted by Crippen LogP contribution is -2.53. The van der Waals surface area contributed by atoms with Gasteiger partial charge in [0.05, 0.1) is 34.3 Å². The van der Waals surface area contributed by atoms with Gasteiger partial charge in [-0.1, -0.05) is 11.6 Å². The summed E-state index contributed by atoms with van der Waals surface area (Å²) in [7, 11) is -2.55. The molecule has 8 nitrogen and oxygen atoms in total. The fourth-order valence-corrected chi connectivity index (χ4v) is 5.59. The molecule has 1 saturated heterocycles. The molecule has 11 heteroatoms. The zero-order chi connectivity index (χ0) is 23.8. The molecule has 1 N–H and O–H groups in total. The molecule has 1 aromatic heterocycles. The Kier molecular flexibility index (Phi) is 7.09. The maximum atomic E-state index is 13.4. The van der Waals surface area contributed by atoms with Crippen molar-refractivity contribution in [2.24, 2.45) is 0 Å². The monoisotopic (exact) mass is 485 g/mol. The Hall–Kier alpha value is -2.27. The first-order chi connectivity index (χ1) is 15.0. The maximum Gasteiger partial charge on any atom is 0.339 e. The Morgan fingerprint density at radius 2 is 1.81 bits per heavy atom. The van der Waals surface area contributed by atoms with Crippen molar-refractivity contribution in [1.29, 1.82) is 0 Å². The molecule has 0 saturated carbocycles. The number of aromatic nitrogens is 1. The second-order valence-corrected chi connectivity index (χ2v) is 10.0. The highest BCUT2D eigenvalue weighted by atomic mass is 35.5. The van der Waals surface area contributed by atoms with E-state index in [1.165, 1.54) is 17.5 Å². The van der Waals surface area contributed by atoms with Gasteiger partial charge in [-0.05, 0) is 44.5 Å². The van der Waals surface area contributed by atoms with Crippen molar-refractivity contribution in [2.75, 3.05) is 33.3 Å². The number of benzene rings is 1. The van der Waals surface area contributed by atoms with Crippen molar-refractivity contribution in [3.8, 4) is 0 Å². The van der Waals surface area contributed by atoms with Gasteiger partial charge in [0.25, 0.3) is 0 Å². The van der Waals surface area contributed by atoms with Crippen molar-refractivity contribution in [2.45, 2.75) is 31.7 Å². The van der Waals surface area contributed by atoms with Gasteiger partial charge in [0.15, 0.2) is 5.78 Å². The topological polar surface area (TPSA) is 99.8 Å². The highest BCUT2D eigenvalue weighted by Gasteiger charge is 2.34. The van der Waals surface area contributed by atoms with Gasteiger partial charge in [-0.2, -0.15) is 4.31 Å². The normalized spacial score (nSPS) is 16.7. The summed E-state index contributed by atoms with van der Waals surface area (Å²) in [6.07, 6.45) is 0. The molecule has 2 aromatic rings. The number of aryl methyl sites for hydroxylation is 1. The Labute approximate surface area is 191 Å². The lowest BCUT2D eigenvalue weighted by Gasteiger charge is -2.36. The molecule has 32 heavy (non-hydrogen) atoms. The number of carbonyl (C=O) groups is 2. The second kappa shape index (κ2) is 9.30. The summed E-state index contributed by atoms with van der Waals surface area (Å²) in [5, 5.41) is -0.258. The Morgan fingerprint density at radius 3 is 2.38 bits per heavy atom. The van der Waals surface area contributed by atoms with Crippen LogP contribution in [0.4, 0.5) is 4.39 Å². The number of halogens is 2. The summed E-state index contributed by atoms with van der Waals surface area (Å²) >= 11 is 5.74. The van der Waals surface area contributed by atoms with Crippen molar-refractivity contribution < 1.29 is 27.1 Å². The van der Waals surface area contributed by atoms with Gasteiger partial charge >= 0.3 is 5.97 Å². The van der Waals surface area contributed by atoms with Gasteiger partial charge in [-0.15, -0.1) is 0 Å². The molecular weight excluding hydrogens is 461 g/mol. The fourth-order valence-electron chi connectivity index (χ4n) is 3.90. The molecule has 1 aromatic carbocycles. The number of hydrogen-bond donors (Lipinski definition) is 1. The van der Waals surface area contributed by atoms with Gasteiger partial charge < -0.3 is 9.72 Å². The van der Waals surface area contributed by atoms with Crippen LogP contribution in [0.2, 0.25) is 5.02 Å². The van der Waals surface area contributed by atoms with E-state index in [-0.39, 0.29) is 28.8 Å². The summed E-state index contributed by atoms with van der Waals surface area (Å²) in [6, 6.07) is 2.78. The highest BCUT2D eigenvalue weighted by Crippen LogP contribution is 2.25. The molecule has 2 heterocycles. The molecule has 3 rings (SSSR count). The number of nitrogens with one attached hydrogen (secondary N) is 1. The molecule has 1 fully saturated rings. The van der Waals surface area contributed by atoms with E-state index in [2.05, 4.69) is 4.98 Å². The number of Topliss-reactive ketones (excluding diaryl/α,β-unsaturated/α-hetero) is 1. The first-order valence-corrected chi connectivity index (χ1v) is 11.8. The van der Waals surface area contributed by atoms with Crippen LogP contribution >= 0.6 is 11.6 Å². The van der Waals surface area contributed by atoms with Gasteiger partial charge in [-0.25, -0.2) is 17.6 Å². The SMILES string of the molecule is COC(=O)c1c(C)[nH]c(C(=O)C(C)N2CCN(S(=O)(=O)c3ccc(F)c(Cl)c3)CC2)c1C. The summed E-state index contributed by atoms with van der Waals surface area (Å²) in [5.41, 5.74) is 1.77. The smallest absolute Gasteiger partial charge is 0.339 e. The van der Waals surface area contributed by atoms with Crippen LogP contribution in [0.3, 0.4) is 0 Å². The summed E-state index contributed by atoms with van der Waals surface area (Å²) in [5.74, 6) is -1.39. The molecule has 174 valence electrons. The van der Waals surface area contributed by atoms with Crippen molar-refractivity contribution >= 4 is 33.4 Å². The highest BCUT2D eigenvalue weighted by molar-refractivity contribution is 7.89. The van der Waals surface area contributed by atoms with E-state index < -0.39 is 27.9 Å². The van der Waals surface area contributed by atoms with Gasteiger partial charge in [0.1, 0.15) is 5.82 Å². The number of H-pyrrole nitrogens is 1. The number of rotatable bonds is 6. The molecule has 0 radical (unpaired) electrons. The number of esters is 1. The average molecular weight is 486 g/mol. The van der Waals surface area contributed by atoms with Crippen molar-refractivity contribution in [3.63, 3.8) is 0 Å². The van der Waals surface area contributed by atoms with Crippen LogP contribution in [0, 0.1) is 19.7 Å². The number of piperazine rings is 1. The fraction of sp³-hybridized carbons (Fsp3) is 0.429. The number of nitrogens with zero attached hydrogens (tertiary/aromatic N) is 2. The van der Waals surface area contributed by atoms with Crippen molar-refractivity contribution in [1.82, 2.24) is 14.2 Å². The van der Waals surface area contributed by atoms with Crippen molar-refractivity contribution in [3.05, 3.63) is 51.6 Å². The van der Waals surface area contributed by atoms with Crippen LogP contribution < -0.4 is 0 Å². The first kappa shape index (κ1) is 24.4. The lowest BCUT2D eigenvalue weighted by molar-refractivity contribution is 0.0599. The number of ketones is 1. The predicted molar refractivity (Wildman–Crippen MR) is 117 cm³/mol. The van der Waals surface area contributed by atoms with E-state index in [1.54, 1.807) is 20.8 Å². The Balaban J connectivity index is 1.72. The summed E-state index contributed by atoms with van der Waals surface area (Å²) < 4.78 is 45.2. The number of aromatic amines is 1. The van der Waals surface area contributed by atoms with Crippen LogP contribution in [0.1, 0.15) is 39.0 Å². The number of hydrogen-bond acceptors (Lipinski definition) is 6. The minimum atomic E-state index is -3.83. The van der Waals surface area contributed by atoms with E-state index >= 15 is 0 Å². The van der Waals surface area contributed by atoms with Gasteiger partial charge in [0.2, 0.25) is 10.0 Å². The zero-order valence-electron chi connectivity index (χ0n) is 18.2. The quantitative estimate of drug-likeness (QED) is 0.499. The third-order valence-electron chi connectivity index (χ3n) is 5.80. The minimum absolute atomic E-state index is 0.0747. The van der Waals surface area contributed by atoms with Gasteiger partial charge in [0, 0.05) is 31.9 Å². The Bertz CT molecular complexity index is 1160. The lowest BCUT2D eigenvalue weighted by atomic mass is 10.0. The average Bonchev–Trinajstić information content (AvgIpc) is 3.07. The molecule has 0 amide bonds. The van der Waals surface area contributed by atoms with E-state index in [0.29, 0.717) is 35.6 Å². The van der Waals surface area contributed by atoms with Crippen LogP contribution in [-0.2, 0) is 14.8 Å². The minimum Gasteiger partial charge on any atom is -0.465 e. The molecule has 0 spiro atoms. The number of sulfonamides is 1.